The molecule has 4 nitrogen and oxygen atoms in total. The van der Waals surface area contributed by atoms with E-state index in [9.17, 15) is 9.59 Å². The van der Waals surface area contributed by atoms with Gasteiger partial charge in [0.2, 0.25) is 5.91 Å². The Bertz CT molecular complexity index is 957. The van der Waals surface area contributed by atoms with Crippen molar-refractivity contribution in [3.05, 3.63) is 68.7 Å². The highest BCUT2D eigenvalue weighted by Crippen LogP contribution is 2.47. The van der Waals surface area contributed by atoms with E-state index in [1.54, 1.807) is 11.9 Å². The summed E-state index contributed by atoms with van der Waals surface area (Å²) in [6.45, 7) is 5.34. The Morgan fingerprint density at radius 3 is 2.50 bits per heavy atom. The summed E-state index contributed by atoms with van der Waals surface area (Å²) in [5.41, 5.74) is 2.39. The number of hydrogen-bond acceptors (Lipinski definition) is 3. The predicted molar refractivity (Wildman–Crippen MR) is 123 cm³/mol. The van der Waals surface area contributed by atoms with Gasteiger partial charge in [0, 0.05) is 35.3 Å². The van der Waals surface area contributed by atoms with Crippen LogP contribution >= 0.6 is 27.5 Å². The SMILES string of the molecule is CC(=O)OC(C)(C)CN(C)C(=O)C[C@]1(c2ccc(Cl)cc2)CCc2cc(Br)ccc21. The fourth-order valence-electron chi connectivity index (χ4n) is 4.55. The van der Waals surface area contributed by atoms with E-state index in [4.69, 9.17) is 16.3 Å². The summed E-state index contributed by atoms with van der Waals surface area (Å²) in [6.07, 6.45) is 2.11. The summed E-state index contributed by atoms with van der Waals surface area (Å²) in [4.78, 5) is 26.4. The molecule has 0 aromatic heterocycles. The molecule has 6 heteroatoms. The molecular weight excluding hydrogens is 466 g/mol. The maximum absolute atomic E-state index is 13.3. The number of ether oxygens (including phenoxy) is 1. The second kappa shape index (κ2) is 8.72. The van der Waals surface area contributed by atoms with Crippen LogP contribution in [0.25, 0.3) is 0 Å². The normalized spacial score (nSPS) is 18.1. The molecule has 0 radical (unpaired) electrons. The summed E-state index contributed by atoms with van der Waals surface area (Å²) in [7, 11) is 1.76. The Kier molecular flexibility index (Phi) is 6.63. The average molecular weight is 493 g/mol. The molecule has 3 rings (SSSR count). The summed E-state index contributed by atoms with van der Waals surface area (Å²) in [5, 5.41) is 0.675. The zero-order valence-electron chi connectivity index (χ0n) is 17.8. The number of halogens is 2. The number of hydrogen-bond donors (Lipinski definition) is 0. The lowest BCUT2D eigenvalue weighted by Crippen LogP contribution is -2.44. The predicted octanol–water partition coefficient (Wildman–Crippen LogP) is 5.53. The van der Waals surface area contributed by atoms with E-state index < -0.39 is 11.0 Å². The zero-order valence-corrected chi connectivity index (χ0v) is 20.1. The van der Waals surface area contributed by atoms with Crippen LogP contribution in [0.5, 0.6) is 0 Å². The highest BCUT2D eigenvalue weighted by atomic mass is 79.9. The quantitative estimate of drug-likeness (QED) is 0.499. The smallest absolute Gasteiger partial charge is 0.303 e. The minimum absolute atomic E-state index is 0.0148. The first-order chi connectivity index (χ1) is 14.0. The fourth-order valence-corrected chi connectivity index (χ4v) is 5.08. The van der Waals surface area contributed by atoms with E-state index in [1.165, 1.54) is 18.1 Å². The van der Waals surface area contributed by atoms with E-state index in [1.807, 2.05) is 44.2 Å². The number of likely N-dealkylation sites (N-methyl/N-ethyl adjacent to an activating group) is 1. The molecule has 2 aromatic carbocycles. The van der Waals surface area contributed by atoms with Gasteiger partial charge in [0.25, 0.3) is 0 Å². The molecule has 0 unspecified atom stereocenters. The molecule has 160 valence electrons. The lowest BCUT2D eigenvalue weighted by atomic mass is 9.72. The van der Waals surface area contributed by atoms with Crippen LogP contribution in [0.1, 0.15) is 50.3 Å². The fraction of sp³-hybridized carbons (Fsp3) is 0.417. The number of esters is 1. The molecule has 1 amide bonds. The van der Waals surface area contributed by atoms with E-state index in [-0.39, 0.29) is 11.9 Å². The molecule has 0 aliphatic heterocycles. The van der Waals surface area contributed by atoms with Crippen molar-refractivity contribution in [2.75, 3.05) is 13.6 Å². The first kappa shape index (κ1) is 22.8. The van der Waals surface area contributed by atoms with Gasteiger partial charge in [0.1, 0.15) is 5.60 Å². The van der Waals surface area contributed by atoms with Crippen molar-refractivity contribution >= 4 is 39.4 Å². The summed E-state index contributed by atoms with van der Waals surface area (Å²) >= 11 is 9.69. The second-order valence-electron chi connectivity index (χ2n) is 8.67. The van der Waals surface area contributed by atoms with Gasteiger partial charge in [-0.3, -0.25) is 9.59 Å². The molecule has 1 atom stereocenters. The van der Waals surface area contributed by atoms with Gasteiger partial charge in [-0.1, -0.05) is 45.7 Å². The monoisotopic (exact) mass is 491 g/mol. The Balaban J connectivity index is 1.93. The molecule has 0 N–H and O–H groups in total. The number of aryl methyl sites for hydroxylation is 1. The molecule has 1 aliphatic carbocycles. The van der Waals surface area contributed by atoms with Gasteiger partial charge in [-0.2, -0.15) is 0 Å². The number of benzene rings is 2. The molecule has 2 aromatic rings. The van der Waals surface area contributed by atoms with Crippen LogP contribution in [0.3, 0.4) is 0 Å². The van der Waals surface area contributed by atoms with Crippen LogP contribution in [-0.2, 0) is 26.2 Å². The van der Waals surface area contributed by atoms with Gasteiger partial charge in [0.05, 0.1) is 6.54 Å². The number of carbonyl (C=O) groups excluding carboxylic acids is 2. The zero-order chi connectivity index (χ0) is 22.1. The highest BCUT2D eigenvalue weighted by molar-refractivity contribution is 9.10. The molecule has 30 heavy (non-hydrogen) atoms. The Labute approximate surface area is 191 Å². The lowest BCUT2D eigenvalue weighted by molar-refractivity contribution is -0.157. The van der Waals surface area contributed by atoms with Crippen LogP contribution < -0.4 is 0 Å². The topological polar surface area (TPSA) is 46.6 Å². The molecule has 1 aliphatic rings. The highest BCUT2D eigenvalue weighted by Gasteiger charge is 2.43. The molecular formula is C24H27BrClNO3. The average Bonchev–Trinajstić information content (AvgIpc) is 2.99. The number of rotatable bonds is 6. The van der Waals surface area contributed by atoms with Crippen LogP contribution in [0, 0.1) is 0 Å². The molecule has 0 fully saturated rings. The third-order valence-corrected chi connectivity index (χ3v) is 6.46. The summed E-state index contributed by atoms with van der Waals surface area (Å²) < 4.78 is 6.41. The van der Waals surface area contributed by atoms with Crippen molar-refractivity contribution in [3.63, 3.8) is 0 Å². The largest absolute Gasteiger partial charge is 0.458 e. The number of fused-ring (bicyclic) bond motifs is 1. The molecule has 0 bridgehead atoms. The maximum atomic E-state index is 13.3. The summed E-state index contributed by atoms with van der Waals surface area (Å²) in [6, 6.07) is 14.1. The van der Waals surface area contributed by atoms with Crippen molar-refractivity contribution in [1.82, 2.24) is 4.90 Å². The Hall–Kier alpha value is -1.85. The van der Waals surface area contributed by atoms with Gasteiger partial charge >= 0.3 is 5.97 Å². The molecule has 0 heterocycles. The Morgan fingerprint density at radius 2 is 1.87 bits per heavy atom. The lowest BCUT2D eigenvalue weighted by Gasteiger charge is -2.35. The van der Waals surface area contributed by atoms with Gasteiger partial charge in [0.15, 0.2) is 0 Å². The van der Waals surface area contributed by atoms with Crippen molar-refractivity contribution in [2.45, 2.75) is 51.0 Å². The van der Waals surface area contributed by atoms with E-state index in [0.29, 0.717) is 18.0 Å². The minimum Gasteiger partial charge on any atom is -0.458 e. The van der Waals surface area contributed by atoms with Crippen molar-refractivity contribution in [3.8, 4) is 0 Å². The number of amides is 1. The van der Waals surface area contributed by atoms with Crippen molar-refractivity contribution in [2.24, 2.45) is 0 Å². The van der Waals surface area contributed by atoms with Gasteiger partial charge in [-0.05, 0) is 67.6 Å². The van der Waals surface area contributed by atoms with Gasteiger partial charge in [-0.15, -0.1) is 0 Å². The third-order valence-electron chi connectivity index (χ3n) is 5.72. The third kappa shape index (κ3) is 4.89. The van der Waals surface area contributed by atoms with E-state index in [0.717, 1.165) is 22.9 Å². The number of nitrogens with zero attached hydrogens (tertiary/aromatic N) is 1. The van der Waals surface area contributed by atoms with Gasteiger partial charge in [-0.25, -0.2) is 0 Å². The molecule has 0 saturated carbocycles. The van der Waals surface area contributed by atoms with Crippen LogP contribution in [0.15, 0.2) is 46.9 Å². The maximum Gasteiger partial charge on any atom is 0.303 e. The number of carbonyl (C=O) groups is 2. The van der Waals surface area contributed by atoms with Crippen LogP contribution in [0.4, 0.5) is 0 Å². The van der Waals surface area contributed by atoms with Crippen molar-refractivity contribution < 1.29 is 14.3 Å². The molecule has 0 spiro atoms. The minimum atomic E-state index is -0.748. The second-order valence-corrected chi connectivity index (χ2v) is 10.0. The molecule has 0 saturated heterocycles. The standard InChI is InChI=1S/C24H27BrClNO3/c1-16(28)30-23(2,3)15-27(4)22(29)14-24(18-5-8-20(26)9-6-18)12-11-17-13-19(25)7-10-21(17)24/h5-10,13H,11-12,14-15H2,1-4H3/t24-/m0/s1. The van der Waals surface area contributed by atoms with E-state index >= 15 is 0 Å². The first-order valence-electron chi connectivity index (χ1n) is 10.0. The van der Waals surface area contributed by atoms with Crippen LogP contribution in [-0.4, -0.2) is 36.0 Å². The van der Waals surface area contributed by atoms with E-state index in [2.05, 4.69) is 28.1 Å². The summed E-state index contributed by atoms with van der Waals surface area (Å²) in [5.74, 6) is -0.338. The van der Waals surface area contributed by atoms with Crippen LogP contribution in [0.2, 0.25) is 5.02 Å². The first-order valence-corrected chi connectivity index (χ1v) is 11.2. The Morgan fingerprint density at radius 1 is 1.20 bits per heavy atom. The van der Waals surface area contributed by atoms with Gasteiger partial charge < -0.3 is 9.64 Å². The van der Waals surface area contributed by atoms with Crippen molar-refractivity contribution in [1.29, 1.82) is 0 Å².